The van der Waals surface area contributed by atoms with Gasteiger partial charge in [0.25, 0.3) is 0 Å². The van der Waals surface area contributed by atoms with Crippen molar-refractivity contribution in [3.05, 3.63) is 20.6 Å². The number of carbonyl (C=O) groups excluding carboxylic acids is 3. The van der Waals surface area contributed by atoms with Crippen molar-refractivity contribution in [2.75, 3.05) is 0 Å². The summed E-state index contributed by atoms with van der Waals surface area (Å²) in [5.41, 5.74) is -1.07. The Bertz CT molecular complexity index is 502. The lowest BCUT2D eigenvalue weighted by atomic mass is 9.97. The van der Waals surface area contributed by atoms with Crippen LogP contribution in [0.25, 0.3) is 0 Å². The van der Waals surface area contributed by atoms with Gasteiger partial charge in [-0.3, -0.25) is 4.79 Å². The highest BCUT2D eigenvalue weighted by molar-refractivity contribution is 8.27. The molecule has 5 nitrogen and oxygen atoms in total. The van der Waals surface area contributed by atoms with E-state index < -0.39 is 23.3 Å². The van der Waals surface area contributed by atoms with E-state index in [-0.39, 0.29) is 11.7 Å². The van der Waals surface area contributed by atoms with Gasteiger partial charge >= 0.3 is 17.9 Å². The molecule has 0 saturated heterocycles. The second-order valence-corrected chi connectivity index (χ2v) is 7.64. The van der Waals surface area contributed by atoms with Crippen LogP contribution >= 0.6 is 23.5 Å². The molecule has 1 aliphatic rings. The van der Waals surface area contributed by atoms with Gasteiger partial charge in [0.2, 0.25) is 0 Å². The molecule has 1 aliphatic heterocycles. The van der Waals surface area contributed by atoms with Gasteiger partial charge in [-0.1, -0.05) is 23.5 Å². The van der Waals surface area contributed by atoms with E-state index in [4.69, 9.17) is 9.47 Å². The zero-order chi connectivity index (χ0) is 16.2. The third-order valence-corrected chi connectivity index (χ3v) is 4.29. The predicted molar refractivity (Wildman–Crippen MR) is 83.1 cm³/mol. The average Bonchev–Trinajstić information content (AvgIpc) is 2.80. The number of hydrogen-bond acceptors (Lipinski definition) is 7. The summed E-state index contributed by atoms with van der Waals surface area (Å²) in [6, 6.07) is 0. The first kappa shape index (κ1) is 17.8. The summed E-state index contributed by atoms with van der Waals surface area (Å²) in [4.78, 5) is 36.0. The van der Waals surface area contributed by atoms with Crippen LogP contribution in [0.15, 0.2) is 20.6 Å². The Hall–Kier alpha value is -1.21. The molecule has 1 rings (SSSR count). The van der Waals surface area contributed by atoms with Crippen LogP contribution in [0, 0.1) is 5.41 Å². The molecule has 0 aromatic heterocycles. The molecule has 7 heteroatoms. The Kier molecular flexibility index (Phi) is 6.10. The number of ether oxygens (including phenoxy) is 2. The third-order valence-electron chi connectivity index (χ3n) is 2.16. The van der Waals surface area contributed by atoms with Crippen molar-refractivity contribution < 1.29 is 23.9 Å². The van der Waals surface area contributed by atoms with Crippen molar-refractivity contribution in [2.45, 2.75) is 40.7 Å². The number of rotatable bonds is 3. The minimum atomic E-state index is -0.973. The summed E-state index contributed by atoms with van der Waals surface area (Å²) in [6.07, 6.45) is -0.372. The molecule has 0 fully saturated rings. The van der Waals surface area contributed by atoms with Crippen LogP contribution < -0.4 is 0 Å². The first-order valence-corrected chi connectivity index (χ1v) is 8.09. The Morgan fingerprint density at radius 3 is 2.00 bits per heavy atom. The monoisotopic (exact) mass is 330 g/mol. The van der Waals surface area contributed by atoms with Crippen LogP contribution in [-0.4, -0.2) is 24.0 Å². The molecule has 0 atom stereocenters. The minimum absolute atomic E-state index is 0.235. The quantitative estimate of drug-likeness (QED) is 0.340. The molecule has 0 aliphatic carbocycles. The highest BCUT2D eigenvalue weighted by Crippen LogP contribution is 2.40. The zero-order valence-electron chi connectivity index (χ0n) is 12.6. The van der Waals surface area contributed by atoms with Gasteiger partial charge in [-0.25, -0.2) is 9.59 Å². The normalized spacial score (nSPS) is 14.3. The van der Waals surface area contributed by atoms with Crippen LogP contribution in [-0.2, 0) is 23.9 Å². The largest absolute Gasteiger partial charge is 0.459 e. The van der Waals surface area contributed by atoms with E-state index in [9.17, 15) is 14.4 Å². The Balaban J connectivity index is 2.98. The summed E-state index contributed by atoms with van der Waals surface area (Å²) in [6.45, 7) is 8.24. The summed E-state index contributed by atoms with van der Waals surface area (Å²) >= 11 is 2.44. The molecule has 116 valence electrons. The maximum absolute atomic E-state index is 12.2. The van der Waals surface area contributed by atoms with Crippen molar-refractivity contribution in [1.82, 2.24) is 0 Å². The molecule has 0 N–H and O–H groups in total. The molecule has 0 unspecified atom stereocenters. The van der Waals surface area contributed by atoms with Crippen molar-refractivity contribution >= 4 is 41.4 Å². The highest BCUT2D eigenvalue weighted by atomic mass is 32.2. The van der Waals surface area contributed by atoms with Crippen LogP contribution in [0.2, 0.25) is 0 Å². The SMILES string of the molecule is CC(C)OC(=O)C(C(=O)OC(=O)C(C)(C)C)=C1SC=CS1. The van der Waals surface area contributed by atoms with Crippen molar-refractivity contribution in [2.24, 2.45) is 5.41 Å². The van der Waals surface area contributed by atoms with Crippen molar-refractivity contribution in [1.29, 1.82) is 0 Å². The first-order chi connectivity index (χ1) is 9.62. The van der Waals surface area contributed by atoms with Crippen LogP contribution in [0.5, 0.6) is 0 Å². The molecule has 0 bridgehead atoms. The second kappa shape index (κ2) is 7.17. The molecule has 0 spiro atoms. The van der Waals surface area contributed by atoms with Crippen LogP contribution in [0.3, 0.4) is 0 Å². The van der Waals surface area contributed by atoms with Gasteiger partial charge in [-0.15, -0.1) is 0 Å². The molecular formula is C14H18O5S2. The van der Waals surface area contributed by atoms with Gasteiger partial charge in [-0.05, 0) is 45.4 Å². The Labute approximate surface area is 132 Å². The summed E-state index contributed by atoms with van der Waals surface area (Å²) in [5, 5.41) is 3.48. The zero-order valence-corrected chi connectivity index (χ0v) is 14.2. The summed E-state index contributed by atoms with van der Waals surface area (Å²) in [5.74, 6) is -2.45. The molecule has 0 aromatic rings. The maximum atomic E-state index is 12.2. The topological polar surface area (TPSA) is 69.7 Å². The van der Waals surface area contributed by atoms with Crippen molar-refractivity contribution in [3.8, 4) is 0 Å². The van der Waals surface area contributed by atoms with E-state index in [1.807, 2.05) is 0 Å². The lowest BCUT2D eigenvalue weighted by molar-refractivity contribution is -0.164. The van der Waals surface area contributed by atoms with Crippen LogP contribution in [0.1, 0.15) is 34.6 Å². The fourth-order valence-electron chi connectivity index (χ4n) is 1.14. The fraction of sp³-hybridized carbons (Fsp3) is 0.500. The Morgan fingerprint density at radius 2 is 1.57 bits per heavy atom. The summed E-state index contributed by atoms with van der Waals surface area (Å²) in [7, 11) is 0. The van der Waals surface area contributed by atoms with Crippen LogP contribution in [0.4, 0.5) is 0 Å². The average molecular weight is 330 g/mol. The van der Waals surface area contributed by atoms with E-state index in [2.05, 4.69) is 0 Å². The van der Waals surface area contributed by atoms with Gasteiger partial charge in [0.1, 0.15) is 0 Å². The predicted octanol–water partition coefficient (Wildman–Crippen LogP) is 3.22. The third kappa shape index (κ3) is 5.24. The highest BCUT2D eigenvalue weighted by Gasteiger charge is 2.33. The lowest BCUT2D eigenvalue weighted by Gasteiger charge is -2.17. The Morgan fingerprint density at radius 1 is 1.05 bits per heavy atom. The van der Waals surface area contributed by atoms with Gasteiger partial charge in [0, 0.05) is 0 Å². The van der Waals surface area contributed by atoms with Gasteiger partial charge in [0.15, 0.2) is 5.57 Å². The minimum Gasteiger partial charge on any atom is -0.459 e. The smallest absolute Gasteiger partial charge is 0.354 e. The number of thioether (sulfide) groups is 2. The molecule has 0 radical (unpaired) electrons. The van der Waals surface area contributed by atoms with E-state index in [0.717, 1.165) is 0 Å². The van der Waals surface area contributed by atoms with E-state index >= 15 is 0 Å². The van der Waals surface area contributed by atoms with Gasteiger partial charge in [0.05, 0.1) is 15.8 Å². The second-order valence-electron chi connectivity index (χ2n) is 5.55. The lowest BCUT2D eigenvalue weighted by Crippen LogP contribution is -2.29. The molecular weight excluding hydrogens is 312 g/mol. The molecule has 0 amide bonds. The maximum Gasteiger partial charge on any atom is 0.354 e. The molecule has 0 saturated carbocycles. The summed E-state index contributed by atoms with van der Waals surface area (Å²) < 4.78 is 10.3. The number of carbonyl (C=O) groups is 3. The first-order valence-electron chi connectivity index (χ1n) is 6.33. The van der Waals surface area contributed by atoms with Crippen molar-refractivity contribution in [3.63, 3.8) is 0 Å². The molecule has 1 heterocycles. The molecule has 21 heavy (non-hydrogen) atoms. The standard InChI is InChI=1S/C14H18O5S2/c1-8(2)18-10(15)9(12-20-6-7-21-12)11(16)19-13(17)14(3,4)5/h6-8H,1-5H3. The molecule has 0 aromatic carbocycles. The van der Waals surface area contributed by atoms with E-state index in [1.165, 1.54) is 23.5 Å². The van der Waals surface area contributed by atoms with Gasteiger partial charge in [-0.2, -0.15) is 0 Å². The van der Waals surface area contributed by atoms with Gasteiger partial charge < -0.3 is 9.47 Å². The number of esters is 3. The van der Waals surface area contributed by atoms with E-state index in [0.29, 0.717) is 4.24 Å². The number of hydrogen-bond donors (Lipinski definition) is 0. The van der Waals surface area contributed by atoms with E-state index in [1.54, 1.807) is 45.4 Å². The fourth-order valence-corrected chi connectivity index (χ4v) is 2.95.